The number of nitrogens with two attached hydrogens (primary N) is 1. The first kappa shape index (κ1) is 11.6. The molecule has 0 radical (unpaired) electrons. The molecule has 0 aliphatic carbocycles. The fourth-order valence-electron chi connectivity index (χ4n) is 1.87. The van der Waals surface area contributed by atoms with Gasteiger partial charge in [0.05, 0.1) is 0 Å². The van der Waals surface area contributed by atoms with Crippen LogP contribution in [-0.2, 0) is 4.79 Å². The molecule has 0 aromatic carbocycles. The van der Waals surface area contributed by atoms with Gasteiger partial charge in [0.25, 0.3) is 0 Å². The molecule has 1 aromatic heterocycles. The SMILES string of the molecule is Cc1nc(NN)cc(N2CCNC(=O)C2C)n1. The number of piperazine rings is 1. The van der Waals surface area contributed by atoms with E-state index in [4.69, 9.17) is 5.84 Å². The standard InChI is InChI=1S/C10H16N6O/c1-6-10(17)12-3-4-16(6)9-5-8(15-11)13-7(2)14-9/h5-6H,3-4,11H2,1-2H3,(H,12,17)(H,13,14,15). The highest BCUT2D eigenvalue weighted by Gasteiger charge is 2.26. The van der Waals surface area contributed by atoms with Gasteiger partial charge in [-0.2, -0.15) is 0 Å². The van der Waals surface area contributed by atoms with Gasteiger partial charge in [-0.05, 0) is 13.8 Å². The lowest BCUT2D eigenvalue weighted by atomic mass is 10.2. The van der Waals surface area contributed by atoms with Gasteiger partial charge in [0.2, 0.25) is 5.91 Å². The number of aromatic nitrogens is 2. The Labute approximate surface area is 99.4 Å². The number of carbonyl (C=O) groups is 1. The van der Waals surface area contributed by atoms with E-state index in [2.05, 4.69) is 20.7 Å². The van der Waals surface area contributed by atoms with Gasteiger partial charge in [-0.1, -0.05) is 0 Å². The van der Waals surface area contributed by atoms with Crippen molar-refractivity contribution >= 4 is 17.5 Å². The monoisotopic (exact) mass is 236 g/mol. The molecule has 1 amide bonds. The smallest absolute Gasteiger partial charge is 0.242 e. The Bertz CT molecular complexity index is 435. The number of aryl methyl sites for hydroxylation is 1. The molecule has 7 nitrogen and oxygen atoms in total. The van der Waals surface area contributed by atoms with E-state index in [0.29, 0.717) is 24.0 Å². The third-order valence-electron chi connectivity index (χ3n) is 2.77. The number of hydrogen-bond acceptors (Lipinski definition) is 6. The topological polar surface area (TPSA) is 96.2 Å². The van der Waals surface area contributed by atoms with Crippen LogP contribution in [0.4, 0.5) is 11.6 Å². The van der Waals surface area contributed by atoms with Crippen LogP contribution in [0.3, 0.4) is 0 Å². The molecule has 1 aromatic rings. The van der Waals surface area contributed by atoms with E-state index < -0.39 is 0 Å². The number of nitrogen functional groups attached to an aromatic ring is 1. The van der Waals surface area contributed by atoms with Crippen LogP contribution in [-0.4, -0.2) is 35.0 Å². The van der Waals surface area contributed by atoms with Crippen molar-refractivity contribution in [2.75, 3.05) is 23.4 Å². The highest BCUT2D eigenvalue weighted by Crippen LogP contribution is 2.18. The summed E-state index contributed by atoms with van der Waals surface area (Å²) in [5, 5.41) is 2.81. The molecule has 1 aliphatic rings. The highest BCUT2D eigenvalue weighted by atomic mass is 16.2. The molecule has 2 rings (SSSR count). The van der Waals surface area contributed by atoms with Crippen molar-refractivity contribution in [3.8, 4) is 0 Å². The molecule has 1 unspecified atom stereocenters. The van der Waals surface area contributed by atoms with E-state index in [1.165, 1.54) is 0 Å². The molecule has 17 heavy (non-hydrogen) atoms. The van der Waals surface area contributed by atoms with Crippen LogP contribution in [0.25, 0.3) is 0 Å². The molecule has 4 N–H and O–H groups in total. The summed E-state index contributed by atoms with van der Waals surface area (Å²) in [5.41, 5.74) is 2.49. The highest BCUT2D eigenvalue weighted by molar-refractivity contribution is 5.85. The third-order valence-corrected chi connectivity index (χ3v) is 2.77. The maximum absolute atomic E-state index is 11.6. The van der Waals surface area contributed by atoms with Gasteiger partial charge >= 0.3 is 0 Å². The Morgan fingerprint density at radius 3 is 3.06 bits per heavy atom. The van der Waals surface area contributed by atoms with Gasteiger partial charge in [0.1, 0.15) is 23.5 Å². The van der Waals surface area contributed by atoms with Crippen molar-refractivity contribution in [1.29, 1.82) is 0 Å². The molecule has 2 heterocycles. The molecule has 0 bridgehead atoms. The lowest BCUT2D eigenvalue weighted by Gasteiger charge is -2.33. The van der Waals surface area contributed by atoms with Gasteiger partial charge in [-0.3, -0.25) is 4.79 Å². The van der Waals surface area contributed by atoms with Crippen LogP contribution in [0.1, 0.15) is 12.7 Å². The minimum atomic E-state index is -0.233. The number of hydrazine groups is 1. The summed E-state index contributed by atoms with van der Waals surface area (Å²) in [6, 6.07) is 1.51. The van der Waals surface area contributed by atoms with E-state index in [9.17, 15) is 4.79 Å². The largest absolute Gasteiger partial charge is 0.353 e. The average molecular weight is 236 g/mol. The number of carbonyl (C=O) groups excluding carboxylic acids is 1. The molecule has 92 valence electrons. The summed E-state index contributed by atoms with van der Waals surface area (Å²) < 4.78 is 0. The fraction of sp³-hybridized carbons (Fsp3) is 0.500. The van der Waals surface area contributed by atoms with Crippen LogP contribution < -0.4 is 21.5 Å². The second kappa shape index (κ2) is 4.54. The van der Waals surface area contributed by atoms with E-state index in [1.54, 1.807) is 13.0 Å². The Kier molecular flexibility index (Phi) is 3.10. The number of hydrogen-bond donors (Lipinski definition) is 3. The van der Waals surface area contributed by atoms with Crippen molar-refractivity contribution < 1.29 is 4.79 Å². The molecule has 0 saturated carbocycles. The third kappa shape index (κ3) is 2.28. The zero-order valence-corrected chi connectivity index (χ0v) is 9.90. The Balaban J connectivity index is 2.32. The van der Waals surface area contributed by atoms with Gasteiger partial charge < -0.3 is 15.6 Å². The summed E-state index contributed by atoms with van der Waals surface area (Å²) in [6.07, 6.45) is 0. The van der Waals surface area contributed by atoms with E-state index in [1.807, 2.05) is 11.8 Å². The van der Waals surface area contributed by atoms with Gasteiger partial charge in [-0.25, -0.2) is 15.8 Å². The first-order valence-electron chi connectivity index (χ1n) is 5.48. The summed E-state index contributed by atoms with van der Waals surface area (Å²) in [5.74, 6) is 7.23. The zero-order chi connectivity index (χ0) is 12.4. The van der Waals surface area contributed by atoms with Crippen molar-refractivity contribution in [3.05, 3.63) is 11.9 Å². The number of rotatable bonds is 2. The van der Waals surface area contributed by atoms with E-state index in [0.717, 1.165) is 6.54 Å². The van der Waals surface area contributed by atoms with Crippen molar-refractivity contribution in [3.63, 3.8) is 0 Å². The molecule has 1 saturated heterocycles. The van der Waals surface area contributed by atoms with Crippen molar-refractivity contribution in [2.24, 2.45) is 5.84 Å². The van der Waals surface area contributed by atoms with Crippen LogP contribution in [0.2, 0.25) is 0 Å². The minimum Gasteiger partial charge on any atom is -0.353 e. The normalized spacial score (nSPS) is 20.1. The van der Waals surface area contributed by atoms with E-state index in [-0.39, 0.29) is 11.9 Å². The Morgan fingerprint density at radius 1 is 1.59 bits per heavy atom. The lowest BCUT2D eigenvalue weighted by molar-refractivity contribution is -0.122. The second-order valence-electron chi connectivity index (χ2n) is 3.96. The first-order chi connectivity index (χ1) is 8.11. The number of nitrogens with zero attached hydrogens (tertiary/aromatic N) is 3. The molecule has 1 aliphatic heterocycles. The average Bonchev–Trinajstić information content (AvgIpc) is 2.31. The quantitative estimate of drug-likeness (QED) is 0.468. The Morgan fingerprint density at radius 2 is 2.35 bits per heavy atom. The maximum Gasteiger partial charge on any atom is 0.242 e. The predicted octanol–water partition coefficient (Wildman–Crippen LogP) is -0.605. The lowest BCUT2D eigenvalue weighted by Crippen LogP contribution is -2.54. The van der Waals surface area contributed by atoms with Crippen LogP contribution in [0.15, 0.2) is 6.07 Å². The predicted molar refractivity (Wildman–Crippen MR) is 64.4 cm³/mol. The van der Waals surface area contributed by atoms with Crippen molar-refractivity contribution in [2.45, 2.75) is 19.9 Å². The van der Waals surface area contributed by atoms with Crippen LogP contribution in [0.5, 0.6) is 0 Å². The van der Waals surface area contributed by atoms with Gasteiger partial charge in [-0.15, -0.1) is 0 Å². The maximum atomic E-state index is 11.6. The minimum absolute atomic E-state index is 0.00905. The van der Waals surface area contributed by atoms with Crippen LogP contribution in [0, 0.1) is 6.92 Å². The molecule has 1 atom stereocenters. The second-order valence-corrected chi connectivity index (χ2v) is 3.96. The zero-order valence-electron chi connectivity index (χ0n) is 9.90. The van der Waals surface area contributed by atoms with Crippen LogP contribution >= 0.6 is 0 Å². The molecular weight excluding hydrogens is 220 g/mol. The molecular formula is C10H16N6O. The van der Waals surface area contributed by atoms with Gasteiger partial charge in [0.15, 0.2) is 0 Å². The summed E-state index contributed by atoms with van der Waals surface area (Å²) in [4.78, 5) is 22.0. The number of nitrogens with one attached hydrogen (secondary N) is 2. The molecule has 0 spiro atoms. The summed E-state index contributed by atoms with van der Waals surface area (Å²) in [6.45, 7) is 4.99. The number of anilines is 2. The Hall–Kier alpha value is -1.89. The molecule has 1 fully saturated rings. The molecule has 7 heteroatoms. The first-order valence-corrected chi connectivity index (χ1v) is 5.48. The summed E-state index contributed by atoms with van der Waals surface area (Å²) >= 11 is 0. The van der Waals surface area contributed by atoms with E-state index >= 15 is 0 Å². The number of amides is 1. The van der Waals surface area contributed by atoms with Gasteiger partial charge in [0, 0.05) is 19.2 Å². The fourth-order valence-corrected chi connectivity index (χ4v) is 1.87. The summed E-state index contributed by atoms with van der Waals surface area (Å²) in [7, 11) is 0. The van der Waals surface area contributed by atoms with Crippen molar-refractivity contribution in [1.82, 2.24) is 15.3 Å².